The number of methoxy groups -OCH3 is 1. The molecule has 0 radical (unpaired) electrons. The van der Waals surface area contributed by atoms with Gasteiger partial charge in [0.05, 0.1) is 18.4 Å². The number of fused-ring (bicyclic) bond motifs is 1. The number of rotatable bonds is 8. The third-order valence-corrected chi connectivity index (χ3v) is 5.87. The summed E-state index contributed by atoms with van der Waals surface area (Å²) in [6.45, 7) is 1.27. The summed E-state index contributed by atoms with van der Waals surface area (Å²) in [4.78, 5) is 17.4. The number of thiazole rings is 1. The third-order valence-electron chi connectivity index (χ3n) is 4.87. The average Bonchev–Trinajstić information content (AvgIpc) is 3.23. The molecular weight excluding hydrogens is 446 g/mol. The Balaban J connectivity index is 0.00000289. The number of carbonyl (C=O) groups excluding carboxylic acids is 1. The van der Waals surface area contributed by atoms with E-state index in [4.69, 9.17) is 9.84 Å². The molecule has 0 fully saturated rings. The lowest BCUT2D eigenvalue weighted by molar-refractivity contribution is 0.102. The van der Waals surface area contributed by atoms with Crippen LogP contribution in [0.1, 0.15) is 15.9 Å². The monoisotopic (exact) mass is 469 g/mol. The first-order valence-corrected chi connectivity index (χ1v) is 10.8. The van der Waals surface area contributed by atoms with Crippen molar-refractivity contribution < 1.29 is 14.6 Å². The second kappa shape index (κ2) is 11.1. The summed E-state index contributed by atoms with van der Waals surface area (Å²) < 4.78 is 6.45. The zero-order valence-corrected chi connectivity index (χ0v) is 19.1. The van der Waals surface area contributed by atoms with Crippen LogP contribution in [0, 0.1) is 0 Å². The first-order chi connectivity index (χ1) is 15.2. The number of aliphatic hydroxyl groups excluding tert-OH is 1. The highest BCUT2D eigenvalue weighted by Crippen LogP contribution is 2.39. The minimum absolute atomic E-state index is 0. The Morgan fingerprint density at radius 1 is 1.06 bits per heavy atom. The zero-order chi connectivity index (χ0) is 21.6. The van der Waals surface area contributed by atoms with Crippen molar-refractivity contribution in [2.45, 2.75) is 6.54 Å². The van der Waals surface area contributed by atoms with Crippen LogP contribution in [0.5, 0.6) is 5.75 Å². The topological polar surface area (TPSA) is 83.5 Å². The van der Waals surface area contributed by atoms with E-state index < -0.39 is 0 Å². The maximum absolute atomic E-state index is 12.7. The van der Waals surface area contributed by atoms with Gasteiger partial charge in [0.25, 0.3) is 5.91 Å². The van der Waals surface area contributed by atoms with Crippen LogP contribution in [-0.4, -0.2) is 36.3 Å². The molecule has 0 saturated heterocycles. The van der Waals surface area contributed by atoms with Crippen LogP contribution in [0.3, 0.4) is 0 Å². The molecule has 8 heteroatoms. The van der Waals surface area contributed by atoms with E-state index in [1.165, 1.54) is 11.3 Å². The third kappa shape index (κ3) is 5.26. The maximum atomic E-state index is 12.7. The predicted molar refractivity (Wildman–Crippen MR) is 132 cm³/mol. The molecule has 1 heterocycles. The van der Waals surface area contributed by atoms with Gasteiger partial charge in [0.15, 0.2) is 5.13 Å². The first kappa shape index (κ1) is 23.7. The van der Waals surface area contributed by atoms with Gasteiger partial charge >= 0.3 is 0 Å². The number of anilines is 1. The molecule has 3 aromatic carbocycles. The Hall–Kier alpha value is -2.97. The number of ether oxygens (including phenoxy) is 1. The molecule has 3 N–H and O–H groups in total. The zero-order valence-electron chi connectivity index (χ0n) is 17.5. The van der Waals surface area contributed by atoms with Gasteiger partial charge < -0.3 is 15.2 Å². The molecule has 0 aliphatic heterocycles. The van der Waals surface area contributed by atoms with Gasteiger partial charge in [0.2, 0.25) is 0 Å². The number of benzene rings is 3. The highest BCUT2D eigenvalue weighted by Gasteiger charge is 2.16. The number of nitrogens with one attached hydrogen (secondary N) is 2. The Labute approximate surface area is 196 Å². The van der Waals surface area contributed by atoms with Crippen LogP contribution in [-0.2, 0) is 6.54 Å². The van der Waals surface area contributed by atoms with E-state index in [1.54, 1.807) is 19.2 Å². The van der Waals surface area contributed by atoms with Crippen molar-refractivity contribution in [2.24, 2.45) is 0 Å². The fourth-order valence-corrected chi connectivity index (χ4v) is 4.31. The van der Waals surface area contributed by atoms with Crippen molar-refractivity contribution in [3.8, 4) is 16.9 Å². The molecule has 0 bridgehead atoms. The van der Waals surface area contributed by atoms with Crippen LogP contribution in [0.15, 0.2) is 66.7 Å². The molecule has 6 nitrogen and oxygen atoms in total. The Bertz CT molecular complexity index is 1180. The molecule has 0 spiro atoms. The van der Waals surface area contributed by atoms with Gasteiger partial charge in [0, 0.05) is 24.2 Å². The fraction of sp³-hybridized carbons (Fsp3) is 0.167. The molecule has 1 aromatic heterocycles. The van der Waals surface area contributed by atoms with Gasteiger partial charge in [-0.25, -0.2) is 4.98 Å². The molecule has 1 amide bonds. The summed E-state index contributed by atoms with van der Waals surface area (Å²) in [7, 11) is 1.62. The van der Waals surface area contributed by atoms with Crippen molar-refractivity contribution in [2.75, 3.05) is 25.6 Å². The van der Waals surface area contributed by atoms with Gasteiger partial charge in [-0.15, -0.1) is 12.4 Å². The molecule has 32 heavy (non-hydrogen) atoms. The van der Waals surface area contributed by atoms with E-state index >= 15 is 0 Å². The van der Waals surface area contributed by atoms with E-state index in [2.05, 4.69) is 27.8 Å². The smallest absolute Gasteiger partial charge is 0.257 e. The van der Waals surface area contributed by atoms with E-state index in [0.717, 1.165) is 26.9 Å². The molecule has 4 rings (SSSR count). The van der Waals surface area contributed by atoms with Gasteiger partial charge in [0.1, 0.15) is 11.3 Å². The molecule has 4 aromatic rings. The summed E-state index contributed by atoms with van der Waals surface area (Å²) in [5.74, 6) is 0.459. The van der Waals surface area contributed by atoms with Crippen molar-refractivity contribution >= 4 is 45.0 Å². The number of nitrogens with zero attached hydrogens (tertiary/aromatic N) is 1. The Morgan fingerprint density at radius 3 is 2.50 bits per heavy atom. The summed E-state index contributed by atoms with van der Waals surface area (Å²) in [5, 5.41) is 15.4. The second-order valence-corrected chi connectivity index (χ2v) is 7.93. The van der Waals surface area contributed by atoms with Crippen LogP contribution in [0.25, 0.3) is 21.3 Å². The van der Waals surface area contributed by atoms with Crippen LogP contribution < -0.4 is 15.4 Å². The molecule has 0 unspecified atom stereocenters. The Morgan fingerprint density at radius 2 is 1.81 bits per heavy atom. The number of hydrogen-bond donors (Lipinski definition) is 3. The predicted octanol–water partition coefficient (Wildman–Crippen LogP) is 4.73. The lowest BCUT2D eigenvalue weighted by atomic mass is 10.1. The van der Waals surface area contributed by atoms with E-state index in [1.807, 2.05) is 42.5 Å². The summed E-state index contributed by atoms with van der Waals surface area (Å²) in [6.07, 6.45) is 0. The van der Waals surface area contributed by atoms with Gasteiger partial charge in [-0.3, -0.25) is 10.1 Å². The van der Waals surface area contributed by atoms with Crippen LogP contribution >= 0.6 is 23.7 Å². The van der Waals surface area contributed by atoms with Crippen molar-refractivity contribution in [3.05, 3.63) is 77.9 Å². The number of hydrogen-bond acceptors (Lipinski definition) is 6. The maximum Gasteiger partial charge on any atom is 0.257 e. The van der Waals surface area contributed by atoms with Crippen LogP contribution in [0.4, 0.5) is 5.13 Å². The summed E-state index contributed by atoms with van der Waals surface area (Å²) in [6, 6.07) is 21.4. The summed E-state index contributed by atoms with van der Waals surface area (Å²) >= 11 is 1.43. The van der Waals surface area contributed by atoms with Crippen molar-refractivity contribution in [1.82, 2.24) is 10.3 Å². The van der Waals surface area contributed by atoms with Gasteiger partial charge in [-0.05, 0) is 35.4 Å². The quantitative estimate of drug-likeness (QED) is 0.325. The van der Waals surface area contributed by atoms with Crippen LogP contribution in [0.2, 0.25) is 0 Å². The molecule has 166 valence electrons. The lowest BCUT2D eigenvalue weighted by Crippen LogP contribution is -2.17. The van der Waals surface area contributed by atoms with E-state index in [9.17, 15) is 4.79 Å². The number of amides is 1. The molecular formula is C24H24ClN3O3S. The minimum Gasteiger partial charge on any atom is -0.494 e. The lowest BCUT2D eigenvalue weighted by Gasteiger charge is -2.05. The normalized spacial score (nSPS) is 10.6. The molecule has 0 atom stereocenters. The van der Waals surface area contributed by atoms with E-state index in [-0.39, 0.29) is 24.9 Å². The molecule has 0 saturated carbocycles. The highest BCUT2D eigenvalue weighted by molar-refractivity contribution is 7.23. The number of aromatic nitrogens is 1. The largest absolute Gasteiger partial charge is 0.494 e. The molecule has 0 aliphatic rings. The van der Waals surface area contributed by atoms with Gasteiger partial charge in [-0.2, -0.15) is 0 Å². The van der Waals surface area contributed by atoms with E-state index in [0.29, 0.717) is 29.5 Å². The SMILES string of the molecule is COc1ccc(-c2ccccc2)c2sc(NC(=O)c3ccc(CNCCO)cc3)nc12.Cl. The number of halogens is 1. The fourth-order valence-electron chi connectivity index (χ4n) is 3.30. The minimum atomic E-state index is -0.214. The van der Waals surface area contributed by atoms with Crippen molar-refractivity contribution in [1.29, 1.82) is 0 Å². The average molecular weight is 470 g/mol. The van der Waals surface area contributed by atoms with Gasteiger partial charge in [-0.1, -0.05) is 53.8 Å². The highest BCUT2D eigenvalue weighted by atomic mass is 35.5. The second-order valence-electron chi connectivity index (χ2n) is 6.93. The summed E-state index contributed by atoms with van der Waals surface area (Å²) in [5.41, 5.74) is 4.47. The Kier molecular flexibility index (Phi) is 8.19. The van der Waals surface area contributed by atoms with Crippen molar-refractivity contribution in [3.63, 3.8) is 0 Å². The number of carbonyl (C=O) groups is 1. The standard InChI is InChI=1S/C24H23N3O3S.ClH/c1-30-20-12-11-19(17-5-3-2-4-6-17)22-21(20)26-24(31-22)27-23(29)18-9-7-16(8-10-18)15-25-13-14-28;/h2-12,25,28H,13-15H2,1H3,(H,26,27,29);1H. The number of aliphatic hydroxyl groups is 1. The molecule has 0 aliphatic carbocycles. The first-order valence-electron chi connectivity index (χ1n) is 9.94.